The highest BCUT2D eigenvalue weighted by molar-refractivity contribution is 5.81. The second-order valence-electron chi connectivity index (χ2n) is 3.22. The molecule has 0 fully saturated rings. The first-order valence-corrected chi connectivity index (χ1v) is 3.97. The summed E-state index contributed by atoms with van der Waals surface area (Å²) in [5.74, 6) is 0. The second-order valence-corrected chi connectivity index (χ2v) is 3.22. The van der Waals surface area contributed by atoms with E-state index in [9.17, 15) is 0 Å². The number of fused-ring (bicyclic) bond motifs is 1. The Bertz CT molecular complexity index is 297. The van der Waals surface area contributed by atoms with Crippen LogP contribution in [-0.2, 0) is 6.42 Å². The van der Waals surface area contributed by atoms with E-state index in [0.717, 1.165) is 6.42 Å². The molecule has 0 aliphatic carbocycles. The number of aliphatic imine (C=N–C) groups is 1. The van der Waals surface area contributed by atoms with Crippen molar-refractivity contribution in [3.05, 3.63) is 23.0 Å². The lowest BCUT2D eigenvalue weighted by atomic mass is 10.1. The van der Waals surface area contributed by atoms with Crippen LogP contribution in [0.5, 0.6) is 0 Å². The van der Waals surface area contributed by atoms with E-state index in [4.69, 9.17) is 0 Å². The van der Waals surface area contributed by atoms with Crippen LogP contribution in [0.15, 0.2) is 11.1 Å². The zero-order valence-corrected chi connectivity index (χ0v) is 6.89. The van der Waals surface area contributed by atoms with Crippen molar-refractivity contribution in [1.82, 2.24) is 4.98 Å². The lowest BCUT2D eigenvalue weighted by Crippen LogP contribution is -2.09. The van der Waals surface area contributed by atoms with Crippen molar-refractivity contribution in [2.45, 2.75) is 26.3 Å². The molecule has 0 spiro atoms. The lowest BCUT2D eigenvalue weighted by Gasteiger charge is -2.10. The second kappa shape index (κ2) is 2.22. The van der Waals surface area contributed by atoms with Crippen LogP contribution in [-0.4, -0.2) is 17.2 Å². The first-order valence-electron chi connectivity index (χ1n) is 3.97. The molecule has 2 heterocycles. The predicted octanol–water partition coefficient (Wildman–Crippen LogP) is 1.69. The summed E-state index contributed by atoms with van der Waals surface area (Å²) in [7, 11) is 0. The van der Waals surface area contributed by atoms with Gasteiger partial charge in [-0.2, -0.15) is 0 Å². The minimum atomic E-state index is 0.456. The minimum absolute atomic E-state index is 0.456. The van der Waals surface area contributed by atoms with Gasteiger partial charge in [0.15, 0.2) is 0 Å². The highest BCUT2D eigenvalue weighted by atomic mass is 14.8. The number of hydrogen-bond donors (Lipinski definition) is 1. The van der Waals surface area contributed by atoms with E-state index in [-0.39, 0.29) is 0 Å². The molecule has 1 atom stereocenters. The summed E-state index contributed by atoms with van der Waals surface area (Å²) < 4.78 is 0. The maximum Gasteiger partial charge on any atom is 0.0597 e. The SMILES string of the molecule is Cc1cc2c([nH]1)C=NC(C)C2. The molecule has 0 aromatic carbocycles. The molecule has 1 aliphatic rings. The van der Waals surface area contributed by atoms with Crippen molar-refractivity contribution in [2.24, 2.45) is 4.99 Å². The predicted molar refractivity (Wildman–Crippen MR) is 46.3 cm³/mol. The number of nitrogens with one attached hydrogen (secondary N) is 1. The zero-order chi connectivity index (χ0) is 7.84. The van der Waals surface area contributed by atoms with Crippen LogP contribution in [0.1, 0.15) is 23.9 Å². The summed E-state index contributed by atoms with van der Waals surface area (Å²) in [6.45, 7) is 4.22. The number of aromatic nitrogens is 1. The van der Waals surface area contributed by atoms with E-state index in [0.29, 0.717) is 6.04 Å². The van der Waals surface area contributed by atoms with Gasteiger partial charge in [0.1, 0.15) is 0 Å². The highest BCUT2D eigenvalue weighted by Gasteiger charge is 2.11. The molecular formula is C9H12N2. The molecule has 1 aromatic rings. The Morgan fingerprint density at radius 3 is 3.27 bits per heavy atom. The summed E-state index contributed by atoms with van der Waals surface area (Å²) in [5.41, 5.74) is 3.83. The van der Waals surface area contributed by atoms with Crippen molar-refractivity contribution in [3.63, 3.8) is 0 Å². The average Bonchev–Trinajstić information content (AvgIpc) is 2.27. The van der Waals surface area contributed by atoms with Crippen LogP contribution < -0.4 is 0 Å². The molecule has 2 nitrogen and oxygen atoms in total. The molecule has 0 saturated carbocycles. The smallest absolute Gasteiger partial charge is 0.0597 e. The molecule has 11 heavy (non-hydrogen) atoms. The first-order chi connectivity index (χ1) is 5.25. The zero-order valence-electron chi connectivity index (χ0n) is 6.89. The molecule has 0 bridgehead atoms. The molecule has 0 amide bonds. The van der Waals surface area contributed by atoms with Gasteiger partial charge >= 0.3 is 0 Å². The fourth-order valence-corrected chi connectivity index (χ4v) is 1.52. The number of aryl methyl sites for hydroxylation is 1. The van der Waals surface area contributed by atoms with Gasteiger partial charge < -0.3 is 4.98 Å². The monoisotopic (exact) mass is 148 g/mol. The van der Waals surface area contributed by atoms with Gasteiger partial charge in [-0.3, -0.25) is 4.99 Å². The van der Waals surface area contributed by atoms with Crippen molar-refractivity contribution in [1.29, 1.82) is 0 Å². The van der Waals surface area contributed by atoms with Crippen molar-refractivity contribution >= 4 is 6.21 Å². The van der Waals surface area contributed by atoms with Crippen LogP contribution in [0.3, 0.4) is 0 Å². The highest BCUT2D eigenvalue weighted by Crippen LogP contribution is 2.16. The Labute approximate surface area is 66.4 Å². The molecule has 2 rings (SSSR count). The molecule has 2 heteroatoms. The summed E-state index contributed by atoms with van der Waals surface area (Å²) >= 11 is 0. The lowest BCUT2D eigenvalue weighted by molar-refractivity contribution is 0.732. The van der Waals surface area contributed by atoms with Crippen LogP contribution >= 0.6 is 0 Å². The molecular weight excluding hydrogens is 136 g/mol. The maximum absolute atomic E-state index is 4.33. The third-order valence-corrected chi connectivity index (χ3v) is 2.04. The Balaban J connectivity index is 2.44. The number of nitrogens with zero attached hydrogens (tertiary/aromatic N) is 1. The molecule has 0 saturated heterocycles. The van der Waals surface area contributed by atoms with Crippen molar-refractivity contribution in [3.8, 4) is 0 Å². The largest absolute Gasteiger partial charge is 0.358 e. The number of rotatable bonds is 0. The first kappa shape index (κ1) is 6.65. The van der Waals surface area contributed by atoms with E-state index in [1.165, 1.54) is 17.0 Å². The summed E-state index contributed by atoms with van der Waals surface area (Å²) in [5, 5.41) is 0. The van der Waals surface area contributed by atoms with E-state index in [2.05, 4.69) is 29.9 Å². The average molecular weight is 148 g/mol. The third kappa shape index (κ3) is 1.09. The van der Waals surface area contributed by atoms with Crippen LogP contribution in [0, 0.1) is 6.92 Å². The van der Waals surface area contributed by atoms with Gasteiger partial charge in [-0.1, -0.05) is 0 Å². The van der Waals surface area contributed by atoms with Crippen LogP contribution in [0.25, 0.3) is 0 Å². The van der Waals surface area contributed by atoms with Gasteiger partial charge in [-0.25, -0.2) is 0 Å². The third-order valence-electron chi connectivity index (χ3n) is 2.04. The van der Waals surface area contributed by atoms with Gasteiger partial charge in [-0.05, 0) is 31.9 Å². The summed E-state index contributed by atoms with van der Waals surface area (Å²) in [6, 6.07) is 2.66. The Hall–Kier alpha value is -1.05. The summed E-state index contributed by atoms with van der Waals surface area (Å²) in [6.07, 6.45) is 3.02. The maximum atomic E-state index is 4.33. The van der Waals surface area contributed by atoms with Crippen LogP contribution in [0.4, 0.5) is 0 Å². The number of hydrogen-bond acceptors (Lipinski definition) is 1. The van der Waals surface area contributed by atoms with E-state index in [1.807, 2.05) is 6.21 Å². The van der Waals surface area contributed by atoms with Gasteiger partial charge in [0, 0.05) is 11.9 Å². The van der Waals surface area contributed by atoms with E-state index >= 15 is 0 Å². The standard InChI is InChI=1S/C9H12N2/c1-6-3-8-4-7(2)11-9(8)5-10-6/h4-6,11H,3H2,1-2H3. The van der Waals surface area contributed by atoms with Gasteiger partial charge in [-0.15, -0.1) is 0 Å². The number of aromatic amines is 1. The number of H-pyrrole nitrogens is 1. The van der Waals surface area contributed by atoms with Crippen molar-refractivity contribution in [2.75, 3.05) is 0 Å². The fourth-order valence-electron chi connectivity index (χ4n) is 1.52. The quantitative estimate of drug-likeness (QED) is 0.580. The Morgan fingerprint density at radius 1 is 1.64 bits per heavy atom. The van der Waals surface area contributed by atoms with Gasteiger partial charge in [0.05, 0.1) is 11.7 Å². The van der Waals surface area contributed by atoms with Gasteiger partial charge in [0.2, 0.25) is 0 Å². The molecule has 1 unspecified atom stereocenters. The molecule has 1 aliphatic heterocycles. The van der Waals surface area contributed by atoms with Gasteiger partial charge in [0.25, 0.3) is 0 Å². The van der Waals surface area contributed by atoms with E-state index < -0.39 is 0 Å². The molecule has 1 N–H and O–H groups in total. The topological polar surface area (TPSA) is 28.1 Å². The minimum Gasteiger partial charge on any atom is -0.358 e. The fraction of sp³-hybridized carbons (Fsp3) is 0.444. The van der Waals surface area contributed by atoms with Crippen LogP contribution in [0.2, 0.25) is 0 Å². The summed E-state index contributed by atoms with van der Waals surface area (Å²) in [4.78, 5) is 7.60. The van der Waals surface area contributed by atoms with E-state index in [1.54, 1.807) is 0 Å². The Kier molecular flexibility index (Phi) is 1.34. The molecule has 0 radical (unpaired) electrons. The van der Waals surface area contributed by atoms with Crippen molar-refractivity contribution < 1.29 is 0 Å². The normalized spacial score (nSPS) is 21.8. The molecule has 58 valence electrons. The Morgan fingerprint density at radius 2 is 2.45 bits per heavy atom. The molecule has 1 aromatic heterocycles.